The second-order valence-corrected chi connectivity index (χ2v) is 11.7. The minimum atomic E-state index is -0.335. The number of amidine groups is 1. The summed E-state index contributed by atoms with van der Waals surface area (Å²) in [5, 5.41) is 3.38. The van der Waals surface area contributed by atoms with Gasteiger partial charge in [-0.25, -0.2) is 4.99 Å². The van der Waals surface area contributed by atoms with Gasteiger partial charge in [-0.2, -0.15) is 0 Å². The zero-order valence-corrected chi connectivity index (χ0v) is 26.9. The Balaban J connectivity index is 0.00000128. The van der Waals surface area contributed by atoms with Gasteiger partial charge in [0.05, 0.1) is 39.6 Å². The van der Waals surface area contributed by atoms with Crippen LogP contribution >= 0.6 is 23.2 Å². The molecule has 1 unspecified atom stereocenters. The fourth-order valence-electron chi connectivity index (χ4n) is 5.64. The lowest BCUT2D eigenvalue weighted by Crippen LogP contribution is -2.36. The summed E-state index contributed by atoms with van der Waals surface area (Å²) in [7, 11) is 3.25. The number of nitrogens with zero attached hydrogens (tertiary/aromatic N) is 5. The molecule has 1 N–H and O–H groups in total. The molecule has 3 heterocycles. The number of carbonyl (C=O) groups excluding carboxylic acids is 1. The number of aryl methyl sites for hydroxylation is 1. The molecule has 1 aliphatic carbocycles. The lowest BCUT2D eigenvalue weighted by atomic mass is 9.90. The molecule has 45 heavy (non-hydrogen) atoms. The van der Waals surface area contributed by atoms with Gasteiger partial charge in [0.25, 0.3) is 5.91 Å². The third-order valence-corrected chi connectivity index (χ3v) is 8.18. The molecule has 2 aliphatic rings. The van der Waals surface area contributed by atoms with Gasteiger partial charge in [-0.1, -0.05) is 83.9 Å². The monoisotopic (exact) mass is 642 g/mol. The Hall–Kier alpha value is -3.95. The maximum Gasteiger partial charge on any atom is 0.254 e. The molecule has 6 rings (SSSR count). The van der Waals surface area contributed by atoms with E-state index in [1.807, 2.05) is 54.7 Å². The minimum Gasteiger partial charge on any atom is -0.388 e. The maximum absolute atomic E-state index is 12.8. The highest BCUT2D eigenvalue weighted by Crippen LogP contribution is 2.34. The summed E-state index contributed by atoms with van der Waals surface area (Å²) in [6.45, 7) is 2.34. The van der Waals surface area contributed by atoms with Crippen molar-refractivity contribution in [3.05, 3.63) is 129 Å². The van der Waals surface area contributed by atoms with Gasteiger partial charge in [0.1, 0.15) is 0 Å². The second-order valence-electron chi connectivity index (χ2n) is 10.9. The van der Waals surface area contributed by atoms with Gasteiger partial charge in [-0.15, -0.1) is 0 Å². The van der Waals surface area contributed by atoms with E-state index in [2.05, 4.69) is 38.1 Å². The van der Waals surface area contributed by atoms with Gasteiger partial charge in [0, 0.05) is 58.0 Å². The van der Waals surface area contributed by atoms with Crippen LogP contribution in [0.25, 0.3) is 0 Å². The predicted molar refractivity (Wildman–Crippen MR) is 180 cm³/mol. The molecule has 2 aromatic carbocycles. The number of rotatable bonds is 9. The van der Waals surface area contributed by atoms with Gasteiger partial charge in [-0.05, 0) is 42.0 Å². The van der Waals surface area contributed by atoms with Crippen LogP contribution in [0.4, 0.5) is 0 Å². The average Bonchev–Trinajstić information content (AvgIpc) is 3.53. The summed E-state index contributed by atoms with van der Waals surface area (Å²) in [4.78, 5) is 33.7. The Morgan fingerprint density at radius 3 is 2.51 bits per heavy atom. The van der Waals surface area contributed by atoms with Crippen molar-refractivity contribution in [3.63, 3.8) is 0 Å². The molecule has 0 bridgehead atoms. The van der Waals surface area contributed by atoms with E-state index in [1.54, 1.807) is 14.2 Å². The number of aliphatic imine (C=N–C) groups is 2. The van der Waals surface area contributed by atoms with Crippen molar-refractivity contribution < 1.29 is 9.53 Å². The highest BCUT2D eigenvalue weighted by atomic mass is 35.5. The standard InChI is InChI=1S/C33H30Cl2N6O.C2H6O/c34-27-18-36-19-28(35)30(27)33(42)39-16-22-7-4-8-23(15-22)20-41(29-13-5-11-24-12-6-14-37-31(24)29)21-26-17-38-32(40-26)25-9-2-1-3-10-25;1-3-2/h1-4,6-10,12,14-15,18-19,29H,5,11,13,16-17,20-21H2,(H,39,42);1-2H3. The number of nitrogens with one attached hydrogen (secondary N) is 1. The summed E-state index contributed by atoms with van der Waals surface area (Å²) in [5.41, 5.74) is 6.91. The Kier molecular flexibility index (Phi) is 11.4. The first-order valence-corrected chi connectivity index (χ1v) is 15.6. The molecule has 0 saturated carbocycles. The molecule has 1 aliphatic heterocycles. The largest absolute Gasteiger partial charge is 0.388 e. The summed E-state index contributed by atoms with van der Waals surface area (Å²) in [6, 6.07) is 22.8. The molecular formula is C35H36Cl2N6O2. The van der Waals surface area contributed by atoms with E-state index < -0.39 is 0 Å². The van der Waals surface area contributed by atoms with Crippen LogP contribution in [0.2, 0.25) is 10.0 Å². The van der Waals surface area contributed by atoms with Crippen LogP contribution in [0.3, 0.4) is 0 Å². The van der Waals surface area contributed by atoms with Crippen LogP contribution in [-0.2, 0) is 24.2 Å². The molecule has 8 nitrogen and oxygen atoms in total. The van der Waals surface area contributed by atoms with Crippen LogP contribution in [-0.4, -0.2) is 59.6 Å². The molecule has 0 fully saturated rings. The minimum absolute atomic E-state index is 0.178. The van der Waals surface area contributed by atoms with Crippen LogP contribution in [0.5, 0.6) is 0 Å². The molecule has 1 amide bonds. The first kappa shape index (κ1) is 32.4. The maximum atomic E-state index is 12.8. The molecule has 232 valence electrons. The van der Waals surface area contributed by atoms with Gasteiger partial charge in [0.15, 0.2) is 5.84 Å². The van der Waals surface area contributed by atoms with Crippen molar-refractivity contribution in [2.75, 3.05) is 27.3 Å². The molecule has 10 heteroatoms. The van der Waals surface area contributed by atoms with Crippen molar-refractivity contribution in [1.29, 1.82) is 0 Å². The molecular weight excluding hydrogens is 607 g/mol. The van der Waals surface area contributed by atoms with E-state index in [4.69, 9.17) is 38.2 Å². The number of benzene rings is 2. The van der Waals surface area contributed by atoms with Crippen LogP contribution in [0.15, 0.2) is 95.3 Å². The number of methoxy groups -OCH3 is 1. The molecule has 0 saturated heterocycles. The predicted octanol–water partition coefficient (Wildman–Crippen LogP) is 6.76. The van der Waals surface area contributed by atoms with E-state index in [0.29, 0.717) is 26.2 Å². The van der Waals surface area contributed by atoms with Gasteiger partial charge in [0.2, 0.25) is 0 Å². The third kappa shape index (κ3) is 8.41. The SMILES string of the molecule is COC.O=C(NCc1cccc(CN(CC2=NC(c3ccccc3)=NC2)C2CCCc3cccnc32)c1)c1c(Cl)cncc1Cl. The number of hydrogen-bond acceptors (Lipinski definition) is 7. The van der Waals surface area contributed by atoms with Crippen molar-refractivity contribution in [2.24, 2.45) is 9.98 Å². The highest BCUT2D eigenvalue weighted by Gasteiger charge is 2.29. The van der Waals surface area contributed by atoms with Gasteiger partial charge < -0.3 is 10.1 Å². The Bertz CT molecular complexity index is 1660. The molecule has 0 radical (unpaired) electrons. The lowest BCUT2D eigenvalue weighted by molar-refractivity contribution is 0.0951. The third-order valence-electron chi connectivity index (χ3n) is 7.61. The number of hydrogen-bond donors (Lipinski definition) is 1. The van der Waals surface area contributed by atoms with E-state index >= 15 is 0 Å². The van der Waals surface area contributed by atoms with E-state index in [9.17, 15) is 4.79 Å². The Morgan fingerprint density at radius 2 is 1.73 bits per heavy atom. The average molecular weight is 644 g/mol. The topological polar surface area (TPSA) is 92.1 Å². The number of halogens is 2. The van der Waals surface area contributed by atoms with Crippen LogP contribution in [0, 0.1) is 0 Å². The molecule has 0 spiro atoms. The van der Waals surface area contributed by atoms with Crippen LogP contribution in [0.1, 0.15) is 57.2 Å². The summed E-state index contributed by atoms with van der Waals surface area (Å²) in [6.07, 6.45) is 7.92. The van der Waals surface area contributed by atoms with Crippen molar-refractivity contribution in [2.45, 2.75) is 38.4 Å². The van der Waals surface area contributed by atoms with E-state index in [-0.39, 0.29) is 27.6 Å². The number of aromatic nitrogens is 2. The zero-order chi connectivity index (χ0) is 31.6. The van der Waals surface area contributed by atoms with E-state index in [1.165, 1.54) is 18.0 Å². The number of pyridine rings is 2. The second kappa shape index (κ2) is 15.9. The summed E-state index contributed by atoms with van der Waals surface area (Å²) in [5.74, 6) is 0.456. The van der Waals surface area contributed by atoms with Crippen molar-refractivity contribution in [1.82, 2.24) is 20.2 Å². The number of amides is 1. The zero-order valence-electron chi connectivity index (χ0n) is 25.4. The Labute approximate surface area is 274 Å². The number of ether oxygens (including phenoxy) is 1. The van der Waals surface area contributed by atoms with E-state index in [0.717, 1.165) is 53.2 Å². The van der Waals surface area contributed by atoms with Gasteiger partial charge >= 0.3 is 0 Å². The quantitative estimate of drug-likeness (QED) is 0.218. The fraction of sp³-hybridized carbons (Fsp3) is 0.286. The molecule has 2 aromatic heterocycles. The first-order chi connectivity index (χ1) is 22.0. The Morgan fingerprint density at radius 1 is 0.978 bits per heavy atom. The van der Waals surface area contributed by atoms with Gasteiger partial charge in [-0.3, -0.25) is 24.7 Å². The first-order valence-electron chi connectivity index (χ1n) is 14.9. The molecule has 4 aromatic rings. The normalized spacial score (nSPS) is 15.4. The smallest absolute Gasteiger partial charge is 0.254 e. The summed E-state index contributed by atoms with van der Waals surface area (Å²) >= 11 is 12.4. The number of fused-ring (bicyclic) bond motifs is 1. The highest BCUT2D eigenvalue weighted by molar-refractivity contribution is 6.39. The van der Waals surface area contributed by atoms with Crippen molar-refractivity contribution in [3.8, 4) is 0 Å². The van der Waals surface area contributed by atoms with Crippen molar-refractivity contribution >= 4 is 40.7 Å². The molecule has 1 atom stereocenters. The van der Waals surface area contributed by atoms with Crippen LogP contribution < -0.4 is 5.32 Å². The lowest BCUT2D eigenvalue weighted by Gasteiger charge is -2.35. The summed E-state index contributed by atoms with van der Waals surface area (Å²) < 4.78 is 4.25. The number of carbonyl (C=O) groups is 1. The fourth-order valence-corrected chi connectivity index (χ4v) is 6.17.